The summed E-state index contributed by atoms with van der Waals surface area (Å²) in [6.45, 7) is 1.81. The molecule has 0 aromatic heterocycles. The summed E-state index contributed by atoms with van der Waals surface area (Å²) in [6.07, 6.45) is -4.54. The molecular formula is C26H25BrF3N3O. The van der Waals surface area contributed by atoms with Gasteiger partial charge in [0, 0.05) is 4.47 Å². The molecule has 0 spiro atoms. The van der Waals surface area contributed by atoms with E-state index in [2.05, 4.69) is 45.6 Å². The zero-order chi connectivity index (χ0) is 25.0. The van der Waals surface area contributed by atoms with E-state index in [4.69, 9.17) is 5.26 Å². The lowest BCUT2D eigenvalue weighted by Gasteiger charge is -2.27. The van der Waals surface area contributed by atoms with Gasteiger partial charge in [-0.3, -0.25) is 10.1 Å². The summed E-state index contributed by atoms with van der Waals surface area (Å²) in [4.78, 5) is 12.4. The fourth-order valence-electron chi connectivity index (χ4n) is 3.10. The molecule has 3 rings (SSSR count). The molecule has 3 aromatic rings. The molecule has 178 valence electrons. The Balaban J connectivity index is 0.000000497. The summed E-state index contributed by atoms with van der Waals surface area (Å²) in [7, 11) is 0. The molecule has 0 saturated heterocycles. The van der Waals surface area contributed by atoms with Crippen LogP contribution in [-0.2, 0) is 11.2 Å². The zero-order valence-corrected chi connectivity index (χ0v) is 20.1. The Kier molecular flexibility index (Phi) is 10.8. The van der Waals surface area contributed by atoms with Crippen LogP contribution in [0.15, 0.2) is 89.4 Å². The highest BCUT2D eigenvalue weighted by Gasteiger charge is 2.42. The van der Waals surface area contributed by atoms with Crippen molar-refractivity contribution in [2.45, 2.75) is 31.6 Å². The SMILES string of the molecule is Cc1ccccc1.N#CCNC(=O)C(Cc1ccccc1)NC(c1ccc(Br)cc1)C(F)(F)F. The number of carbonyl (C=O) groups is 1. The summed E-state index contributed by atoms with van der Waals surface area (Å²) in [6, 6.07) is 23.3. The number of rotatable bonds is 7. The fraction of sp³-hybridized carbons (Fsp3) is 0.231. The van der Waals surface area contributed by atoms with Crippen LogP contribution in [0.1, 0.15) is 22.7 Å². The fourth-order valence-corrected chi connectivity index (χ4v) is 3.36. The highest BCUT2D eigenvalue weighted by Crippen LogP contribution is 2.33. The molecule has 0 aliphatic carbocycles. The molecule has 4 nitrogen and oxygen atoms in total. The predicted octanol–water partition coefficient (Wildman–Crippen LogP) is 5.89. The molecule has 2 N–H and O–H groups in total. The van der Waals surface area contributed by atoms with Gasteiger partial charge in [-0.15, -0.1) is 0 Å². The van der Waals surface area contributed by atoms with E-state index in [-0.39, 0.29) is 18.5 Å². The molecule has 2 unspecified atom stereocenters. The first-order valence-corrected chi connectivity index (χ1v) is 11.3. The van der Waals surface area contributed by atoms with Crippen LogP contribution >= 0.6 is 15.9 Å². The van der Waals surface area contributed by atoms with E-state index >= 15 is 0 Å². The molecule has 3 aromatic carbocycles. The molecule has 0 radical (unpaired) electrons. The second-order valence-electron chi connectivity index (χ2n) is 7.47. The van der Waals surface area contributed by atoms with Crippen LogP contribution in [0.25, 0.3) is 0 Å². The third-order valence-electron chi connectivity index (χ3n) is 4.78. The Bertz CT molecular complexity index is 1050. The lowest BCUT2D eigenvalue weighted by Crippen LogP contribution is -2.50. The Morgan fingerprint density at radius 2 is 1.53 bits per heavy atom. The first kappa shape index (κ1) is 27.1. The molecule has 0 fully saturated rings. The highest BCUT2D eigenvalue weighted by molar-refractivity contribution is 9.10. The number of amides is 1. The Hall–Kier alpha value is -3.15. The average Bonchev–Trinajstić information content (AvgIpc) is 2.82. The van der Waals surface area contributed by atoms with Crippen molar-refractivity contribution < 1.29 is 18.0 Å². The molecule has 2 atom stereocenters. The van der Waals surface area contributed by atoms with Gasteiger partial charge in [-0.25, -0.2) is 0 Å². The van der Waals surface area contributed by atoms with Gasteiger partial charge in [-0.1, -0.05) is 94.3 Å². The van der Waals surface area contributed by atoms with Gasteiger partial charge in [0.2, 0.25) is 5.91 Å². The first-order chi connectivity index (χ1) is 16.2. The predicted molar refractivity (Wildman–Crippen MR) is 130 cm³/mol. The van der Waals surface area contributed by atoms with E-state index in [0.29, 0.717) is 10.0 Å². The van der Waals surface area contributed by atoms with Gasteiger partial charge in [0.15, 0.2) is 0 Å². The van der Waals surface area contributed by atoms with Gasteiger partial charge in [-0.05, 0) is 36.6 Å². The van der Waals surface area contributed by atoms with Crippen LogP contribution in [0.4, 0.5) is 13.2 Å². The van der Waals surface area contributed by atoms with Crippen molar-refractivity contribution in [3.8, 4) is 6.07 Å². The topological polar surface area (TPSA) is 64.9 Å². The maximum absolute atomic E-state index is 13.7. The van der Waals surface area contributed by atoms with E-state index in [1.807, 2.05) is 18.2 Å². The molecule has 34 heavy (non-hydrogen) atoms. The quantitative estimate of drug-likeness (QED) is 0.373. The van der Waals surface area contributed by atoms with Crippen molar-refractivity contribution >= 4 is 21.8 Å². The number of halogens is 4. The molecule has 1 amide bonds. The summed E-state index contributed by atoms with van der Waals surface area (Å²) in [5.74, 6) is -0.660. The Morgan fingerprint density at radius 3 is 2.00 bits per heavy atom. The number of benzene rings is 3. The second kappa shape index (κ2) is 13.5. The number of hydrogen-bond acceptors (Lipinski definition) is 3. The first-order valence-electron chi connectivity index (χ1n) is 10.5. The number of alkyl halides is 3. The number of carbonyl (C=O) groups excluding carboxylic acids is 1. The zero-order valence-electron chi connectivity index (χ0n) is 18.5. The number of nitriles is 1. The van der Waals surface area contributed by atoms with E-state index < -0.39 is 24.2 Å². The number of aryl methyl sites for hydroxylation is 1. The summed E-state index contributed by atoms with van der Waals surface area (Å²) in [5.41, 5.74) is 2.03. The monoisotopic (exact) mass is 531 g/mol. The Morgan fingerprint density at radius 1 is 0.971 bits per heavy atom. The van der Waals surface area contributed by atoms with Gasteiger partial charge in [0.05, 0.1) is 12.1 Å². The molecular weight excluding hydrogens is 507 g/mol. The van der Waals surface area contributed by atoms with E-state index in [0.717, 1.165) is 0 Å². The van der Waals surface area contributed by atoms with E-state index in [9.17, 15) is 18.0 Å². The summed E-state index contributed by atoms with van der Waals surface area (Å²) >= 11 is 3.20. The molecule has 0 bridgehead atoms. The van der Waals surface area contributed by atoms with Gasteiger partial charge < -0.3 is 5.32 Å². The lowest BCUT2D eigenvalue weighted by atomic mass is 10.0. The van der Waals surface area contributed by atoms with Crippen LogP contribution in [-0.4, -0.2) is 24.7 Å². The number of hydrogen-bond donors (Lipinski definition) is 2. The van der Waals surface area contributed by atoms with Crippen molar-refractivity contribution in [3.63, 3.8) is 0 Å². The minimum atomic E-state index is -4.60. The van der Waals surface area contributed by atoms with Crippen LogP contribution < -0.4 is 10.6 Å². The van der Waals surface area contributed by atoms with Gasteiger partial charge in [0.1, 0.15) is 12.6 Å². The lowest BCUT2D eigenvalue weighted by molar-refractivity contribution is -0.160. The molecule has 8 heteroatoms. The van der Waals surface area contributed by atoms with Crippen LogP contribution in [0, 0.1) is 18.3 Å². The minimum Gasteiger partial charge on any atom is -0.342 e. The van der Waals surface area contributed by atoms with Gasteiger partial charge in [-0.2, -0.15) is 18.4 Å². The van der Waals surface area contributed by atoms with Crippen molar-refractivity contribution in [1.82, 2.24) is 10.6 Å². The van der Waals surface area contributed by atoms with Crippen molar-refractivity contribution in [1.29, 1.82) is 5.26 Å². The maximum atomic E-state index is 13.7. The van der Waals surface area contributed by atoms with E-state index in [1.54, 1.807) is 36.4 Å². The van der Waals surface area contributed by atoms with E-state index in [1.165, 1.54) is 29.8 Å². The molecule has 0 saturated carbocycles. The third-order valence-corrected chi connectivity index (χ3v) is 5.31. The van der Waals surface area contributed by atoms with Gasteiger partial charge >= 0.3 is 6.18 Å². The van der Waals surface area contributed by atoms with Crippen molar-refractivity contribution in [3.05, 3.63) is 106 Å². The maximum Gasteiger partial charge on any atom is 0.407 e. The normalized spacial score (nSPS) is 12.5. The molecule has 0 aliphatic heterocycles. The average molecular weight is 532 g/mol. The molecule has 0 aliphatic rings. The Labute approximate surface area is 205 Å². The van der Waals surface area contributed by atoms with Crippen molar-refractivity contribution in [2.24, 2.45) is 0 Å². The largest absolute Gasteiger partial charge is 0.407 e. The minimum absolute atomic E-state index is 0.00292. The number of nitrogens with zero attached hydrogens (tertiary/aromatic N) is 1. The van der Waals surface area contributed by atoms with Crippen LogP contribution in [0.2, 0.25) is 0 Å². The molecule has 0 heterocycles. The van der Waals surface area contributed by atoms with Crippen LogP contribution in [0.5, 0.6) is 0 Å². The van der Waals surface area contributed by atoms with Gasteiger partial charge in [0.25, 0.3) is 0 Å². The smallest absolute Gasteiger partial charge is 0.342 e. The van der Waals surface area contributed by atoms with Crippen molar-refractivity contribution in [2.75, 3.05) is 6.54 Å². The summed E-state index contributed by atoms with van der Waals surface area (Å²) in [5, 5.41) is 13.4. The summed E-state index contributed by atoms with van der Waals surface area (Å²) < 4.78 is 41.6. The second-order valence-corrected chi connectivity index (χ2v) is 8.38. The highest BCUT2D eigenvalue weighted by atomic mass is 79.9. The standard InChI is InChI=1S/C19H17BrF3N3O.C7H8/c20-15-8-6-14(7-9-15)17(19(21,22)23)26-16(18(27)25-11-10-24)12-13-4-2-1-3-5-13;1-7-5-3-2-4-6-7/h1-9,16-17,26H,11-12H2,(H,25,27);2-6H,1H3. The van der Waals surface area contributed by atoms with Crippen LogP contribution in [0.3, 0.4) is 0 Å². The number of nitrogens with one attached hydrogen (secondary N) is 2. The third kappa shape index (κ3) is 9.38.